The number of halogens is 3. The van der Waals surface area contributed by atoms with Crippen molar-refractivity contribution < 1.29 is 23.1 Å². The highest BCUT2D eigenvalue weighted by molar-refractivity contribution is 5.89. The summed E-state index contributed by atoms with van der Waals surface area (Å²) in [5.74, 6) is -1.96. The van der Waals surface area contributed by atoms with Gasteiger partial charge in [-0.2, -0.15) is 18.4 Å². The van der Waals surface area contributed by atoms with Crippen molar-refractivity contribution in [2.45, 2.75) is 31.6 Å². The van der Waals surface area contributed by atoms with E-state index in [1.807, 2.05) is 43.3 Å². The first kappa shape index (κ1) is 27.5. The topological polar surface area (TPSA) is 133 Å². The van der Waals surface area contributed by atoms with Crippen LogP contribution in [0.15, 0.2) is 35.1 Å². The summed E-state index contributed by atoms with van der Waals surface area (Å²) in [7, 11) is 5.63. The van der Waals surface area contributed by atoms with Crippen LogP contribution in [-0.2, 0) is 18.4 Å². The number of rotatable bonds is 4. The molecule has 2 aromatic heterocycles. The number of anilines is 2. The zero-order valence-electron chi connectivity index (χ0n) is 20.7. The lowest BCUT2D eigenvalue weighted by atomic mass is 10.1. The lowest BCUT2D eigenvalue weighted by Crippen LogP contribution is -2.43. The molecule has 3 aromatic rings. The molecule has 1 aliphatic heterocycles. The van der Waals surface area contributed by atoms with Crippen molar-refractivity contribution in [3.8, 4) is 6.07 Å². The van der Waals surface area contributed by atoms with Crippen LogP contribution in [-0.4, -0.2) is 64.6 Å². The number of fused-ring (bicyclic) bond motifs is 1. The Hall–Kier alpha value is -4.05. The minimum Gasteiger partial charge on any atom is -0.475 e. The molecular weight excluding hydrogens is 491 g/mol. The van der Waals surface area contributed by atoms with Crippen LogP contribution in [0.3, 0.4) is 0 Å². The second-order valence-corrected chi connectivity index (χ2v) is 8.91. The summed E-state index contributed by atoms with van der Waals surface area (Å²) in [6, 6.07) is 11.8. The highest BCUT2D eigenvalue weighted by Crippen LogP contribution is 2.31. The van der Waals surface area contributed by atoms with Crippen molar-refractivity contribution in [3.63, 3.8) is 0 Å². The Balaban J connectivity index is 0.000000479. The van der Waals surface area contributed by atoms with Crippen molar-refractivity contribution in [2.24, 2.45) is 12.8 Å². The van der Waals surface area contributed by atoms with Crippen molar-refractivity contribution in [2.75, 3.05) is 37.0 Å². The first-order valence-corrected chi connectivity index (χ1v) is 11.4. The van der Waals surface area contributed by atoms with Gasteiger partial charge in [0.2, 0.25) is 0 Å². The third-order valence-corrected chi connectivity index (χ3v) is 6.01. The van der Waals surface area contributed by atoms with Crippen LogP contribution in [0.25, 0.3) is 11.2 Å². The van der Waals surface area contributed by atoms with Crippen LogP contribution in [0.4, 0.5) is 24.7 Å². The van der Waals surface area contributed by atoms with Gasteiger partial charge in [0, 0.05) is 46.3 Å². The molecule has 3 heterocycles. The van der Waals surface area contributed by atoms with E-state index in [2.05, 4.69) is 11.0 Å². The average Bonchev–Trinajstić information content (AvgIpc) is 3.08. The number of hydrogen-bond donors (Lipinski definition) is 2. The summed E-state index contributed by atoms with van der Waals surface area (Å²) in [4.78, 5) is 31.1. The number of carbonyl (C=O) groups is 1. The average molecular weight is 520 g/mol. The van der Waals surface area contributed by atoms with E-state index < -0.39 is 12.1 Å². The maximum Gasteiger partial charge on any atom is 0.490 e. The number of nitrogens with zero attached hydrogens (tertiary/aromatic N) is 6. The molecule has 0 saturated carbocycles. The van der Waals surface area contributed by atoms with Gasteiger partial charge in [0.25, 0.3) is 0 Å². The Bertz CT molecular complexity index is 1390. The first-order chi connectivity index (χ1) is 17.3. The third kappa shape index (κ3) is 6.03. The summed E-state index contributed by atoms with van der Waals surface area (Å²) in [6.07, 6.45) is -3.07. The molecule has 1 fully saturated rings. The molecular formula is C24H28F3N7O3. The molecule has 4 rings (SSSR count). The molecule has 1 atom stereocenters. The van der Waals surface area contributed by atoms with Gasteiger partial charge in [-0.1, -0.05) is 18.2 Å². The number of aliphatic carboxylic acids is 1. The van der Waals surface area contributed by atoms with Gasteiger partial charge in [-0.25, -0.2) is 14.6 Å². The fourth-order valence-corrected chi connectivity index (χ4v) is 4.14. The molecule has 0 radical (unpaired) electrons. The lowest BCUT2D eigenvalue weighted by molar-refractivity contribution is -0.192. The van der Waals surface area contributed by atoms with Crippen LogP contribution in [0.2, 0.25) is 0 Å². The molecule has 3 N–H and O–H groups in total. The van der Waals surface area contributed by atoms with Crippen molar-refractivity contribution >= 4 is 28.6 Å². The number of benzene rings is 1. The van der Waals surface area contributed by atoms with Gasteiger partial charge in [0.1, 0.15) is 11.3 Å². The maximum atomic E-state index is 13.2. The van der Waals surface area contributed by atoms with Gasteiger partial charge < -0.3 is 20.6 Å². The van der Waals surface area contributed by atoms with E-state index in [9.17, 15) is 23.2 Å². The Morgan fingerprint density at radius 3 is 2.54 bits per heavy atom. The number of hydrogen-bond acceptors (Lipinski definition) is 7. The summed E-state index contributed by atoms with van der Waals surface area (Å²) in [6.45, 7) is 1.94. The third-order valence-electron chi connectivity index (χ3n) is 6.01. The van der Waals surface area contributed by atoms with Crippen molar-refractivity contribution in [1.29, 1.82) is 5.26 Å². The highest BCUT2D eigenvalue weighted by atomic mass is 19.4. The van der Waals surface area contributed by atoms with Crippen LogP contribution in [0.5, 0.6) is 0 Å². The second-order valence-electron chi connectivity index (χ2n) is 8.91. The number of aromatic nitrogens is 3. The molecule has 1 aromatic carbocycles. The molecule has 198 valence electrons. The number of nitriles is 1. The normalized spacial score (nSPS) is 15.6. The highest BCUT2D eigenvalue weighted by Gasteiger charge is 2.38. The van der Waals surface area contributed by atoms with Crippen molar-refractivity contribution in [3.05, 3.63) is 51.9 Å². The largest absolute Gasteiger partial charge is 0.490 e. The number of carboxylic acid groups (broad SMARTS) is 1. The molecule has 37 heavy (non-hydrogen) atoms. The Morgan fingerprint density at radius 2 is 1.97 bits per heavy atom. The Kier molecular flexibility index (Phi) is 8.12. The predicted octanol–water partition coefficient (Wildman–Crippen LogP) is 2.28. The fraction of sp³-hybridized carbons (Fsp3) is 0.417. The van der Waals surface area contributed by atoms with Gasteiger partial charge in [0.15, 0.2) is 5.65 Å². The molecule has 0 unspecified atom stereocenters. The second kappa shape index (κ2) is 10.9. The molecule has 1 saturated heterocycles. The van der Waals surface area contributed by atoms with Crippen LogP contribution in [0.1, 0.15) is 24.0 Å². The van der Waals surface area contributed by atoms with Crippen LogP contribution in [0, 0.1) is 11.3 Å². The van der Waals surface area contributed by atoms with E-state index in [1.165, 1.54) is 0 Å². The monoisotopic (exact) mass is 519 g/mol. The number of aryl methyl sites for hydroxylation is 1. The number of piperidine rings is 1. The molecule has 13 heteroatoms. The van der Waals surface area contributed by atoms with Crippen LogP contribution >= 0.6 is 0 Å². The number of nitrogens with two attached hydrogens (primary N) is 1. The number of imidazole rings is 1. The molecule has 1 aliphatic rings. The van der Waals surface area contributed by atoms with E-state index in [4.69, 9.17) is 20.6 Å². The zero-order chi connectivity index (χ0) is 27.5. The maximum absolute atomic E-state index is 13.2. The summed E-state index contributed by atoms with van der Waals surface area (Å²) < 4.78 is 35.1. The van der Waals surface area contributed by atoms with Crippen LogP contribution < -0.4 is 21.2 Å². The Morgan fingerprint density at radius 1 is 1.32 bits per heavy atom. The predicted molar refractivity (Wildman–Crippen MR) is 133 cm³/mol. The zero-order valence-corrected chi connectivity index (χ0v) is 20.7. The lowest BCUT2D eigenvalue weighted by Gasteiger charge is -2.33. The molecule has 0 amide bonds. The number of pyridine rings is 1. The van der Waals surface area contributed by atoms with E-state index in [-0.39, 0.29) is 11.7 Å². The molecule has 0 spiro atoms. The fourth-order valence-electron chi connectivity index (χ4n) is 4.14. The standard InChI is InChI=1S/C22H27N7O.C2HF3O2/c1-26(2)19-11-18(28-10-6-9-17(24)14-28)20-21(25-19)27(3)22(30)29(20)13-16-8-5-4-7-15(16)12-23;3-2(4,5)1(6)7/h4-5,7-8,11,17H,6,9-10,13-14,24H2,1-3H3;(H,6,7)/t17-;/m1./s1. The summed E-state index contributed by atoms with van der Waals surface area (Å²) >= 11 is 0. The van der Waals surface area contributed by atoms with E-state index >= 15 is 0 Å². The summed E-state index contributed by atoms with van der Waals surface area (Å²) in [5, 5.41) is 16.6. The minimum atomic E-state index is -5.08. The first-order valence-electron chi connectivity index (χ1n) is 11.4. The van der Waals surface area contributed by atoms with Crippen molar-refractivity contribution in [1.82, 2.24) is 14.1 Å². The van der Waals surface area contributed by atoms with Gasteiger partial charge in [-0.15, -0.1) is 0 Å². The summed E-state index contributed by atoms with van der Waals surface area (Å²) in [5.41, 5.74) is 9.88. The smallest absolute Gasteiger partial charge is 0.475 e. The molecule has 0 bridgehead atoms. The molecule has 10 nitrogen and oxygen atoms in total. The minimum absolute atomic E-state index is 0.105. The van der Waals surface area contributed by atoms with E-state index in [1.54, 1.807) is 22.2 Å². The SMILES string of the molecule is CN(C)c1cc(N2CCC[C@@H](N)C2)c2c(n1)n(C)c(=O)n2Cc1ccccc1C#N.O=C(O)C(F)(F)F. The van der Waals surface area contributed by atoms with E-state index in [0.717, 1.165) is 48.5 Å². The number of carboxylic acids is 1. The number of alkyl halides is 3. The van der Waals surface area contributed by atoms with E-state index in [0.29, 0.717) is 17.8 Å². The van der Waals surface area contributed by atoms with Gasteiger partial charge in [0.05, 0.1) is 23.9 Å². The van der Waals surface area contributed by atoms with Gasteiger partial charge >= 0.3 is 17.8 Å². The van der Waals surface area contributed by atoms with Gasteiger partial charge in [-0.05, 0) is 24.5 Å². The molecule has 0 aliphatic carbocycles. The van der Waals surface area contributed by atoms with Gasteiger partial charge in [-0.3, -0.25) is 9.13 Å². The Labute approximate surface area is 210 Å². The quantitative estimate of drug-likeness (QED) is 0.537.